The molecule has 2 aromatic carbocycles. The van der Waals surface area contributed by atoms with Crippen molar-refractivity contribution in [2.45, 2.75) is 26.9 Å². The molecule has 0 aromatic heterocycles. The van der Waals surface area contributed by atoms with Crippen LogP contribution in [-0.2, 0) is 4.79 Å². The van der Waals surface area contributed by atoms with Crippen LogP contribution in [0.15, 0.2) is 42.5 Å². The molecule has 2 aromatic rings. The maximum atomic E-state index is 12.4. The van der Waals surface area contributed by atoms with Gasteiger partial charge in [0, 0.05) is 5.69 Å². The quantitative estimate of drug-likeness (QED) is 0.302. The zero-order valence-electron chi connectivity index (χ0n) is 19.1. The van der Waals surface area contributed by atoms with E-state index in [1.807, 2.05) is 50.2 Å². The van der Waals surface area contributed by atoms with Crippen LogP contribution in [-0.4, -0.2) is 63.0 Å². The van der Waals surface area contributed by atoms with Crippen LogP contribution in [0.5, 0.6) is 5.75 Å². The molecule has 6 nitrogen and oxygen atoms in total. The number of carbonyl (C=O) groups is 1. The van der Waals surface area contributed by atoms with Crippen molar-refractivity contribution < 1.29 is 49.3 Å². The molecular formula is C24H35Cl2N3O3. The molecule has 32 heavy (non-hydrogen) atoms. The number of carbonyl (C=O) groups excluding carboxylic acids is 1. The summed E-state index contributed by atoms with van der Waals surface area (Å²) in [6, 6.07) is 13.9. The third-order valence-corrected chi connectivity index (χ3v) is 5.69. The van der Waals surface area contributed by atoms with E-state index in [4.69, 9.17) is 4.74 Å². The Morgan fingerprint density at radius 3 is 2.31 bits per heavy atom. The molecule has 1 atom stereocenters. The van der Waals surface area contributed by atoms with Gasteiger partial charge in [0.15, 0.2) is 6.54 Å². The fraction of sp³-hybridized carbons (Fsp3) is 0.458. The van der Waals surface area contributed by atoms with Crippen molar-refractivity contribution in [2.24, 2.45) is 0 Å². The smallest absolute Gasteiger partial charge is 0.279 e. The number of piperazine rings is 1. The molecule has 1 unspecified atom stereocenters. The van der Waals surface area contributed by atoms with E-state index >= 15 is 0 Å². The minimum Gasteiger partial charge on any atom is -1.00 e. The molecule has 1 aliphatic rings. The van der Waals surface area contributed by atoms with Crippen molar-refractivity contribution in [1.82, 2.24) is 0 Å². The van der Waals surface area contributed by atoms with E-state index < -0.39 is 6.10 Å². The van der Waals surface area contributed by atoms with Gasteiger partial charge < -0.3 is 49.8 Å². The molecule has 0 bridgehead atoms. The first-order valence-corrected chi connectivity index (χ1v) is 10.8. The SMILES string of the molecule is Cc1cccc(OCC(O)C[NH+]2CC[NH+](CC(=O)Nc3ccc(C)cc3C)CC2)c1.[Cl-].[Cl-]. The average Bonchev–Trinajstić information content (AvgIpc) is 2.70. The summed E-state index contributed by atoms with van der Waals surface area (Å²) in [6.45, 7) is 11.3. The molecule has 0 aliphatic carbocycles. The van der Waals surface area contributed by atoms with Crippen LogP contribution < -0.4 is 44.7 Å². The summed E-state index contributed by atoms with van der Waals surface area (Å²) >= 11 is 0. The van der Waals surface area contributed by atoms with Gasteiger partial charge in [-0.05, 0) is 50.1 Å². The van der Waals surface area contributed by atoms with Crippen LogP contribution in [0.4, 0.5) is 5.69 Å². The molecule has 1 amide bonds. The number of benzene rings is 2. The number of ether oxygens (including phenoxy) is 1. The highest BCUT2D eigenvalue weighted by Crippen LogP contribution is 2.15. The van der Waals surface area contributed by atoms with E-state index in [0.29, 0.717) is 19.7 Å². The van der Waals surface area contributed by atoms with Crippen LogP contribution in [0.2, 0.25) is 0 Å². The van der Waals surface area contributed by atoms with E-state index in [9.17, 15) is 9.90 Å². The molecule has 4 N–H and O–H groups in total. The number of aryl methyl sites for hydroxylation is 3. The second-order valence-electron chi connectivity index (χ2n) is 8.53. The average molecular weight is 484 g/mol. The minimum absolute atomic E-state index is 0. The first-order chi connectivity index (χ1) is 14.4. The standard InChI is InChI=1S/C24H33N3O3.2ClH/c1-18-5-4-6-22(14-18)30-17-21(28)15-26-9-11-27(12-10-26)16-24(29)25-23-8-7-19(2)13-20(23)3;;/h4-8,13-14,21,28H,9-12,15-17H2,1-3H3,(H,25,29);2*1H. The lowest BCUT2D eigenvalue weighted by molar-refractivity contribution is -1.01. The first-order valence-electron chi connectivity index (χ1n) is 10.8. The van der Waals surface area contributed by atoms with Gasteiger partial charge in [-0.25, -0.2) is 0 Å². The van der Waals surface area contributed by atoms with E-state index in [1.165, 1.54) is 15.4 Å². The number of nitrogens with one attached hydrogen (secondary N) is 3. The highest BCUT2D eigenvalue weighted by atomic mass is 35.5. The molecule has 3 rings (SSSR count). The van der Waals surface area contributed by atoms with Gasteiger partial charge in [-0.2, -0.15) is 0 Å². The summed E-state index contributed by atoms with van der Waals surface area (Å²) in [5.74, 6) is 0.861. The van der Waals surface area contributed by atoms with Crippen molar-refractivity contribution in [1.29, 1.82) is 0 Å². The van der Waals surface area contributed by atoms with Gasteiger partial charge in [0.1, 0.15) is 51.2 Å². The third-order valence-electron chi connectivity index (χ3n) is 5.69. The number of halogens is 2. The number of aliphatic hydroxyl groups is 1. The summed E-state index contributed by atoms with van der Waals surface area (Å²) in [5, 5.41) is 13.4. The van der Waals surface area contributed by atoms with Crippen LogP contribution >= 0.6 is 0 Å². The van der Waals surface area contributed by atoms with Crippen molar-refractivity contribution in [3.8, 4) is 5.75 Å². The predicted molar refractivity (Wildman–Crippen MR) is 118 cm³/mol. The third kappa shape index (κ3) is 8.96. The number of rotatable bonds is 8. The fourth-order valence-electron chi connectivity index (χ4n) is 4.00. The lowest BCUT2D eigenvalue weighted by Crippen LogP contribution is -3.28. The molecular weight excluding hydrogens is 449 g/mol. The number of hydrogen-bond donors (Lipinski definition) is 4. The highest BCUT2D eigenvalue weighted by molar-refractivity contribution is 5.92. The van der Waals surface area contributed by atoms with Crippen molar-refractivity contribution in [2.75, 3.05) is 51.2 Å². The van der Waals surface area contributed by atoms with Crippen LogP contribution in [0.1, 0.15) is 16.7 Å². The fourth-order valence-corrected chi connectivity index (χ4v) is 4.00. The summed E-state index contributed by atoms with van der Waals surface area (Å²) in [6.07, 6.45) is -0.491. The largest absolute Gasteiger partial charge is 1.00 e. The number of anilines is 1. The predicted octanol–water partition coefficient (Wildman–Crippen LogP) is -6.22. The summed E-state index contributed by atoms with van der Waals surface area (Å²) in [7, 11) is 0. The molecule has 178 valence electrons. The van der Waals surface area contributed by atoms with Gasteiger partial charge in [0.25, 0.3) is 5.91 Å². The number of hydrogen-bond acceptors (Lipinski definition) is 3. The van der Waals surface area contributed by atoms with Gasteiger partial charge in [0.05, 0.1) is 0 Å². The molecule has 1 heterocycles. The van der Waals surface area contributed by atoms with Gasteiger partial charge in [0.2, 0.25) is 0 Å². The van der Waals surface area contributed by atoms with Crippen LogP contribution in [0.3, 0.4) is 0 Å². The second kappa shape index (κ2) is 13.7. The summed E-state index contributed by atoms with van der Waals surface area (Å²) in [5.41, 5.74) is 4.33. The van der Waals surface area contributed by atoms with Crippen LogP contribution in [0.25, 0.3) is 0 Å². The molecule has 8 heteroatoms. The van der Waals surface area contributed by atoms with Gasteiger partial charge >= 0.3 is 0 Å². The van der Waals surface area contributed by atoms with Gasteiger partial charge in [-0.3, -0.25) is 4.79 Å². The molecule has 1 saturated heterocycles. The summed E-state index contributed by atoms with van der Waals surface area (Å²) in [4.78, 5) is 15.1. The Hall–Kier alpha value is -1.83. The Kier molecular flexibility index (Phi) is 12.0. The van der Waals surface area contributed by atoms with Crippen molar-refractivity contribution in [3.63, 3.8) is 0 Å². The monoisotopic (exact) mass is 483 g/mol. The zero-order chi connectivity index (χ0) is 21.5. The van der Waals surface area contributed by atoms with Gasteiger partial charge in [-0.15, -0.1) is 0 Å². The number of amides is 1. The molecule has 0 radical (unpaired) electrons. The molecule has 1 aliphatic heterocycles. The van der Waals surface area contributed by atoms with E-state index in [0.717, 1.165) is 48.7 Å². The Labute approximate surface area is 203 Å². The molecule has 0 saturated carbocycles. The zero-order valence-corrected chi connectivity index (χ0v) is 20.6. The van der Waals surface area contributed by atoms with E-state index in [1.54, 1.807) is 0 Å². The highest BCUT2D eigenvalue weighted by Gasteiger charge is 2.26. The summed E-state index contributed by atoms with van der Waals surface area (Å²) < 4.78 is 5.72. The molecule has 1 fully saturated rings. The van der Waals surface area contributed by atoms with Gasteiger partial charge in [-0.1, -0.05) is 29.8 Å². The Morgan fingerprint density at radius 1 is 1.00 bits per heavy atom. The topological polar surface area (TPSA) is 67.4 Å². The second-order valence-corrected chi connectivity index (χ2v) is 8.53. The van der Waals surface area contributed by atoms with Crippen molar-refractivity contribution >= 4 is 11.6 Å². The lowest BCUT2D eigenvalue weighted by Gasteiger charge is -2.30. The first kappa shape index (κ1) is 28.2. The Balaban J connectivity index is 0.00000256. The minimum atomic E-state index is -0.491. The normalized spacial score (nSPS) is 18.6. The van der Waals surface area contributed by atoms with Crippen molar-refractivity contribution in [3.05, 3.63) is 59.2 Å². The van der Waals surface area contributed by atoms with Crippen LogP contribution in [0, 0.1) is 20.8 Å². The Morgan fingerprint density at radius 2 is 1.66 bits per heavy atom. The van der Waals surface area contributed by atoms with E-state index in [2.05, 4.69) is 18.3 Å². The van der Waals surface area contributed by atoms with E-state index in [-0.39, 0.29) is 30.7 Å². The molecule has 0 spiro atoms. The number of quaternary nitrogens is 2. The number of aliphatic hydroxyl groups excluding tert-OH is 1. The maximum absolute atomic E-state index is 12.4. The Bertz CT molecular complexity index is 858. The maximum Gasteiger partial charge on any atom is 0.279 e. The lowest BCUT2D eigenvalue weighted by atomic mass is 10.1.